The second-order valence-electron chi connectivity index (χ2n) is 2.89. The predicted molar refractivity (Wildman–Crippen MR) is 55.9 cm³/mol. The second kappa shape index (κ2) is 3.82. The molecule has 2 aromatic rings. The fraction of sp³-hybridized carbons (Fsp3) is 0.222. The second-order valence-corrected chi connectivity index (χ2v) is 3.80. The van der Waals surface area contributed by atoms with E-state index in [9.17, 15) is 9.59 Å². The highest BCUT2D eigenvalue weighted by molar-refractivity contribution is 7.17. The van der Waals surface area contributed by atoms with Crippen molar-refractivity contribution in [3.8, 4) is 0 Å². The molecule has 0 saturated carbocycles. The molecule has 0 spiro atoms. The lowest BCUT2D eigenvalue weighted by atomic mass is 10.4. The van der Waals surface area contributed by atoms with E-state index in [-0.39, 0.29) is 12.1 Å². The van der Waals surface area contributed by atoms with Crippen molar-refractivity contribution >= 4 is 27.5 Å². The zero-order valence-electron chi connectivity index (χ0n) is 7.97. The van der Waals surface area contributed by atoms with Crippen LogP contribution in [0.3, 0.4) is 0 Å². The fourth-order valence-electron chi connectivity index (χ4n) is 1.20. The first kappa shape index (κ1) is 9.85. The van der Waals surface area contributed by atoms with E-state index in [1.807, 2.05) is 0 Å². The topological polar surface area (TPSA) is 61.2 Å². The SMILES string of the molecule is COC(=O)Cn1cnc2ccsc2c1=O. The molecule has 0 radical (unpaired) electrons. The van der Waals surface area contributed by atoms with Gasteiger partial charge in [-0.05, 0) is 11.4 Å². The molecule has 2 aromatic heterocycles. The molecule has 78 valence electrons. The third-order valence-corrected chi connectivity index (χ3v) is 2.85. The van der Waals surface area contributed by atoms with Gasteiger partial charge in [-0.1, -0.05) is 0 Å². The Morgan fingerprint density at radius 2 is 2.47 bits per heavy atom. The molecule has 0 fully saturated rings. The maximum absolute atomic E-state index is 11.8. The normalized spacial score (nSPS) is 10.5. The number of thiophene rings is 1. The summed E-state index contributed by atoms with van der Waals surface area (Å²) in [4.78, 5) is 26.8. The summed E-state index contributed by atoms with van der Waals surface area (Å²) < 4.78 is 6.28. The molecule has 15 heavy (non-hydrogen) atoms. The maximum Gasteiger partial charge on any atom is 0.325 e. The maximum atomic E-state index is 11.8. The summed E-state index contributed by atoms with van der Waals surface area (Å²) in [5, 5.41) is 1.79. The van der Waals surface area contributed by atoms with Gasteiger partial charge < -0.3 is 4.74 Å². The Balaban J connectivity index is 2.48. The van der Waals surface area contributed by atoms with E-state index in [0.29, 0.717) is 10.2 Å². The lowest BCUT2D eigenvalue weighted by Crippen LogP contribution is -2.24. The average molecular weight is 224 g/mol. The summed E-state index contributed by atoms with van der Waals surface area (Å²) in [5.74, 6) is -0.463. The highest BCUT2D eigenvalue weighted by atomic mass is 32.1. The van der Waals surface area contributed by atoms with Gasteiger partial charge in [0.25, 0.3) is 5.56 Å². The Bertz CT molecular complexity index is 558. The zero-order chi connectivity index (χ0) is 10.8. The van der Waals surface area contributed by atoms with Crippen LogP contribution in [0.4, 0.5) is 0 Å². The molecule has 0 aliphatic carbocycles. The molecule has 0 unspecified atom stereocenters. The number of hydrogen-bond acceptors (Lipinski definition) is 5. The van der Waals surface area contributed by atoms with E-state index < -0.39 is 5.97 Å². The Morgan fingerprint density at radius 1 is 1.67 bits per heavy atom. The molecule has 0 aliphatic heterocycles. The van der Waals surface area contributed by atoms with Gasteiger partial charge in [-0.25, -0.2) is 4.98 Å². The first-order chi connectivity index (χ1) is 7.22. The lowest BCUT2D eigenvalue weighted by Gasteiger charge is -2.02. The molecule has 2 rings (SSSR count). The lowest BCUT2D eigenvalue weighted by molar-refractivity contribution is -0.141. The van der Waals surface area contributed by atoms with E-state index in [1.54, 1.807) is 11.4 Å². The van der Waals surface area contributed by atoms with E-state index in [0.717, 1.165) is 0 Å². The van der Waals surface area contributed by atoms with Crippen molar-refractivity contribution in [1.29, 1.82) is 0 Å². The van der Waals surface area contributed by atoms with Crippen molar-refractivity contribution in [2.45, 2.75) is 6.54 Å². The van der Waals surface area contributed by atoms with Crippen molar-refractivity contribution < 1.29 is 9.53 Å². The molecule has 0 amide bonds. The number of esters is 1. The molecular formula is C9H8N2O3S. The summed E-state index contributed by atoms with van der Waals surface area (Å²) in [5.41, 5.74) is 0.450. The van der Waals surface area contributed by atoms with E-state index in [4.69, 9.17) is 0 Å². The molecule has 0 saturated heterocycles. The third-order valence-electron chi connectivity index (χ3n) is 1.96. The van der Waals surface area contributed by atoms with Crippen molar-refractivity contribution in [2.75, 3.05) is 7.11 Å². The number of aromatic nitrogens is 2. The van der Waals surface area contributed by atoms with E-state index in [2.05, 4.69) is 9.72 Å². The molecule has 2 heterocycles. The predicted octanol–water partition coefficient (Wildman–Crippen LogP) is 0.631. The molecule has 0 atom stereocenters. The number of nitrogens with zero attached hydrogens (tertiary/aromatic N) is 2. The Labute approximate surface area is 88.9 Å². The van der Waals surface area contributed by atoms with Crippen LogP contribution in [0, 0.1) is 0 Å². The van der Waals surface area contributed by atoms with Crippen molar-refractivity contribution in [3.05, 3.63) is 28.1 Å². The van der Waals surface area contributed by atoms with Crippen LogP contribution in [0.5, 0.6) is 0 Å². The average Bonchev–Trinajstić information content (AvgIpc) is 2.70. The molecule has 0 aromatic carbocycles. The standard InChI is InChI=1S/C9H8N2O3S/c1-14-7(12)4-11-5-10-6-2-3-15-8(6)9(11)13/h2-3,5H,4H2,1H3. The van der Waals surface area contributed by atoms with E-state index >= 15 is 0 Å². The van der Waals surface area contributed by atoms with Gasteiger partial charge in [-0.15, -0.1) is 11.3 Å². The summed E-state index contributed by atoms with van der Waals surface area (Å²) in [6.45, 7) is -0.101. The van der Waals surface area contributed by atoms with Crippen LogP contribution in [0.15, 0.2) is 22.6 Å². The number of carbonyl (C=O) groups is 1. The third kappa shape index (κ3) is 1.75. The van der Waals surface area contributed by atoms with Gasteiger partial charge in [0.15, 0.2) is 0 Å². The number of rotatable bonds is 2. The first-order valence-electron chi connectivity index (χ1n) is 4.22. The zero-order valence-corrected chi connectivity index (χ0v) is 8.78. The minimum absolute atomic E-state index is 0.101. The molecule has 0 bridgehead atoms. The van der Waals surface area contributed by atoms with Crippen molar-refractivity contribution in [2.24, 2.45) is 0 Å². The monoisotopic (exact) mass is 224 g/mol. The number of methoxy groups -OCH3 is 1. The van der Waals surface area contributed by atoms with Gasteiger partial charge in [0.2, 0.25) is 0 Å². The molecule has 0 aliphatic rings. The molecule has 6 heteroatoms. The molecular weight excluding hydrogens is 216 g/mol. The van der Waals surface area contributed by atoms with Gasteiger partial charge in [-0.3, -0.25) is 14.2 Å². The molecule has 0 N–H and O–H groups in total. The number of ether oxygens (including phenoxy) is 1. The van der Waals surface area contributed by atoms with Crippen LogP contribution in [0.2, 0.25) is 0 Å². The van der Waals surface area contributed by atoms with Crippen molar-refractivity contribution in [1.82, 2.24) is 9.55 Å². The highest BCUT2D eigenvalue weighted by Crippen LogP contribution is 2.12. The van der Waals surface area contributed by atoms with Gasteiger partial charge in [0.1, 0.15) is 11.2 Å². The van der Waals surface area contributed by atoms with Crippen LogP contribution in [-0.2, 0) is 16.1 Å². The van der Waals surface area contributed by atoms with Crippen LogP contribution in [0.25, 0.3) is 10.2 Å². The van der Waals surface area contributed by atoms with Crippen LogP contribution >= 0.6 is 11.3 Å². The van der Waals surface area contributed by atoms with Gasteiger partial charge in [-0.2, -0.15) is 0 Å². The number of carbonyl (C=O) groups excluding carboxylic acids is 1. The smallest absolute Gasteiger partial charge is 0.325 e. The largest absolute Gasteiger partial charge is 0.468 e. The summed E-state index contributed by atoms with van der Waals surface area (Å²) in [6, 6.07) is 1.77. The van der Waals surface area contributed by atoms with Crippen molar-refractivity contribution in [3.63, 3.8) is 0 Å². The van der Waals surface area contributed by atoms with Crippen LogP contribution < -0.4 is 5.56 Å². The number of hydrogen-bond donors (Lipinski definition) is 0. The van der Waals surface area contributed by atoms with E-state index in [1.165, 1.54) is 29.3 Å². The Kier molecular flexibility index (Phi) is 2.51. The first-order valence-corrected chi connectivity index (χ1v) is 5.10. The summed E-state index contributed by atoms with van der Waals surface area (Å²) >= 11 is 1.31. The van der Waals surface area contributed by atoms with Gasteiger partial charge in [0.05, 0.1) is 19.0 Å². The minimum Gasteiger partial charge on any atom is -0.468 e. The van der Waals surface area contributed by atoms with Crippen LogP contribution in [-0.4, -0.2) is 22.6 Å². The Hall–Kier alpha value is -1.69. The summed E-state index contributed by atoms with van der Waals surface area (Å²) in [6.07, 6.45) is 1.36. The minimum atomic E-state index is -0.463. The van der Waals surface area contributed by atoms with Crippen LogP contribution in [0.1, 0.15) is 0 Å². The Morgan fingerprint density at radius 3 is 3.20 bits per heavy atom. The summed E-state index contributed by atoms with van der Waals surface area (Å²) in [7, 11) is 1.28. The highest BCUT2D eigenvalue weighted by Gasteiger charge is 2.08. The molecule has 5 nitrogen and oxygen atoms in total. The fourth-order valence-corrected chi connectivity index (χ4v) is 1.99. The quantitative estimate of drug-likeness (QED) is 0.702. The number of fused-ring (bicyclic) bond motifs is 1. The van der Waals surface area contributed by atoms with Gasteiger partial charge in [0, 0.05) is 0 Å². The van der Waals surface area contributed by atoms with Gasteiger partial charge >= 0.3 is 5.97 Å².